The van der Waals surface area contributed by atoms with Crippen molar-refractivity contribution in [3.63, 3.8) is 0 Å². The Hall–Kier alpha value is -1.49. The molecule has 3 N–H and O–H groups in total. The maximum Gasteiger partial charge on any atom is 0.234 e. The SMILES string of the molecule is Cc1cc(C)nc(NC(=O)C(C)(C)C(C)(C)N)n1. The average Bonchev–Trinajstić information content (AvgIpc) is 2.13. The van der Waals surface area contributed by atoms with Gasteiger partial charge in [0.15, 0.2) is 0 Å². The van der Waals surface area contributed by atoms with E-state index in [-0.39, 0.29) is 5.91 Å². The molecule has 0 aromatic carbocycles. The molecule has 0 aliphatic rings. The molecule has 0 bridgehead atoms. The summed E-state index contributed by atoms with van der Waals surface area (Å²) in [5, 5.41) is 2.73. The van der Waals surface area contributed by atoms with E-state index < -0.39 is 11.0 Å². The first-order valence-electron chi connectivity index (χ1n) is 5.96. The van der Waals surface area contributed by atoms with Gasteiger partial charge in [-0.25, -0.2) is 9.97 Å². The minimum absolute atomic E-state index is 0.181. The summed E-state index contributed by atoms with van der Waals surface area (Å²) < 4.78 is 0. The number of nitrogens with one attached hydrogen (secondary N) is 1. The monoisotopic (exact) mass is 250 g/mol. The lowest BCUT2D eigenvalue weighted by Crippen LogP contribution is -2.53. The molecule has 5 nitrogen and oxygen atoms in total. The fourth-order valence-electron chi connectivity index (χ4n) is 1.33. The lowest BCUT2D eigenvalue weighted by atomic mass is 9.74. The summed E-state index contributed by atoms with van der Waals surface area (Å²) in [6.45, 7) is 11.0. The van der Waals surface area contributed by atoms with Crippen molar-refractivity contribution in [1.29, 1.82) is 0 Å². The van der Waals surface area contributed by atoms with Crippen LogP contribution < -0.4 is 11.1 Å². The van der Waals surface area contributed by atoms with Gasteiger partial charge in [0, 0.05) is 16.9 Å². The van der Waals surface area contributed by atoms with E-state index in [4.69, 9.17) is 5.73 Å². The number of amides is 1. The molecule has 1 aromatic heterocycles. The van der Waals surface area contributed by atoms with Crippen molar-refractivity contribution in [1.82, 2.24) is 9.97 Å². The van der Waals surface area contributed by atoms with E-state index in [0.29, 0.717) is 5.95 Å². The van der Waals surface area contributed by atoms with Gasteiger partial charge in [-0.05, 0) is 47.6 Å². The van der Waals surface area contributed by atoms with Crippen molar-refractivity contribution >= 4 is 11.9 Å². The Labute approximate surface area is 108 Å². The molecule has 1 amide bonds. The minimum Gasteiger partial charge on any atom is -0.325 e. The predicted molar refractivity (Wildman–Crippen MR) is 72.2 cm³/mol. The summed E-state index contributed by atoms with van der Waals surface area (Å²) in [5.74, 6) is 0.148. The molecule has 1 aromatic rings. The quantitative estimate of drug-likeness (QED) is 0.857. The Balaban J connectivity index is 2.95. The van der Waals surface area contributed by atoms with Crippen LogP contribution in [-0.2, 0) is 4.79 Å². The fourth-order valence-corrected chi connectivity index (χ4v) is 1.33. The molecular weight excluding hydrogens is 228 g/mol. The summed E-state index contributed by atoms with van der Waals surface area (Å²) in [4.78, 5) is 20.6. The number of carbonyl (C=O) groups excluding carboxylic acids is 1. The topological polar surface area (TPSA) is 80.9 Å². The van der Waals surface area contributed by atoms with Crippen LogP contribution >= 0.6 is 0 Å². The minimum atomic E-state index is -0.714. The van der Waals surface area contributed by atoms with Gasteiger partial charge < -0.3 is 5.73 Å². The third kappa shape index (κ3) is 3.04. The first-order valence-corrected chi connectivity index (χ1v) is 5.96. The standard InChI is InChI=1S/C13H22N4O/c1-8-7-9(2)16-11(15-8)17-10(18)12(3,4)13(5,6)14/h7H,14H2,1-6H3,(H,15,16,17,18). The van der Waals surface area contributed by atoms with Crippen LogP contribution in [0.25, 0.3) is 0 Å². The van der Waals surface area contributed by atoms with Gasteiger partial charge in [-0.3, -0.25) is 10.1 Å². The zero-order valence-electron chi connectivity index (χ0n) is 12.0. The lowest BCUT2D eigenvalue weighted by Gasteiger charge is -2.36. The predicted octanol–water partition coefficient (Wildman–Crippen LogP) is 1.80. The molecule has 100 valence electrons. The second kappa shape index (κ2) is 4.65. The molecule has 5 heteroatoms. The van der Waals surface area contributed by atoms with Crippen molar-refractivity contribution in [3.8, 4) is 0 Å². The number of carbonyl (C=O) groups is 1. The molecule has 0 aliphatic carbocycles. The number of hydrogen-bond donors (Lipinski definition) is 2. The smallest absolute Gasteiger partial charge is 0.234 e. The van der Waals surface area contributed by atoms with E-state index in [9.17, 15) is 4.79 Å². The highest BCUT2D eigenvalue weighted by atomic mass is 16.2. The van der Waals surface area contributed by atoms with Crippen molar-refractivity contribution in [2.45, 2.75) is 47.1 Å². The Morgan fingerprint density at radius 2 is 1.61 bits per heavy atom. The number of aromatic nitrogens is 2. The number of anilines is 1. The van der Waals surface area contributed by atoms with Crippen molar-refractivity contribution in [2.75, 3.05) is 5.32 Å². The molecule has 0 unspecified atom stereocenters. The highest BCUT2D eigenvalue weighted by Crippen LogP contribution is 2.29. The van der Waals surface area contributed by atoms with Gasteiger partial charge >= 0.3 is 0 Å². The molecule has 0 saturated heterocycles. The van der Waals surface area contributed by atoms with Crippen LogP contribution in [0.15, 0.2) is 6.07 Å². The lowest BCUT2D eigenvalue weighted by molar-refractivity contribution is -0.126. The van der Waals surface area contributed by atoms with E-state index in [0.717, 1.165) is 11.4 Å². The van der Waals surface area contributed by atoms with Crippen LogP contribution in [0, 0.1) is 19.3 Å². The van der Waals surface area contributed by atoms with E-state index in [2.05, 4.69) is 15.3 Å². The average molecular weight is 250 g/mol. The van der Waals surface area contributed by atoms with E-state index >= 15 is 0 Å². The molecule has 1 heterocycles. The van der Waals surface area contributed by atoms with Crippen LogP contribution in [0.4, 0.5) is 5.95 Å². The van der Waals surface area contributed by atoms with Crippen LogP contribution in [0.2, 0.25) is 0 Å². The van der Waals surface area contributed by atoms with Crippen LogP contribution in [0.5, 0.6) is 0 Å². The van der Waals surface area contributed by atoms with Gasteiger partial charge in [0.2, 0.25) is 11.9 Å². The third-order valence-corrected chi connectivity index (χ3v) is 3.39. The van der Waals surface area contributed by atoms with Gasteiger partial charge in [0.1, 0.15) is 0 Å². The Morgan fingerprint density at radius 1 is 1.17 bits per heavy atom. The molecule has 0 atom stereocenters. The second-order valence-corrected chi connectivity index (χ2v) is 5.78. The van der Waals surface area contributed by atoms with Crippen molar-refractivity contribution in [3.05, 3.63) is 17.5 Å². The van der Waals surface area contributed by atoms with Gasteiger partial charge in [0.25, 0.3) is 0 Å². The molecule has 1 rings (SSSR count). The summed E-state index contributed by atoms with van der Waals surface area (Å²) >= 11 is 0. The zero-order valence-corrected chi connectivity index (χ0v) is 12.0. The number of rotatable bonds is 3. The zero-order chi connectivity index (χ0) is 14.1. The van der Waals surface area contributed by atoms with Gasteiger partial charge in [-0.2, -0.15) is 0 Å². The largest absolute Gasteiger partial charge is 0.325 e. The normalized spacial score (nSPS) is 12.4. The first kappa shape index (κ1) is 14.6. The molecule has 18 heavy (non-hydrogen) atoms. The third-order valence-electron chi connectivity index (χ3n) is 3.39. The molecule has 0 saturated carbocycles. The Bertz CT molecular complexity index is 440. The van der Waals surface area contributed by atoms with Crippen LogP contribution in [0.1, 0.15) is 39.1 Å². The fraction of sp³-hybridized carbons (Fsp3) is 0.615. The highest BCUT2D eigenvalue weighted by Gasteiger charge is 2.40. The summed E-state index contributed by atoms with van der Waals surface area (Å²) in [5.41, 5.74) is 6.33. The molecular formula is C13H22N4O. The summed E-state index contributed by atoms with van der Waals surface area (Å²) in [6.07, 6.45) is 0. The molecule has 0 radical (unpaired) electrons. The Morgan fingerprint density at radius 3 is 2.00 bits per heavy atom. The van der Waals surface area contributed by atoms with Gasteiger partial charge in [0.05, 0.1) is 5.41 Å². The molecule has 0 fully saturated rings. The highest BCUT2D eigenvalue weighted by molar-refractivity contribution is 5.94. The van der Waals surface area contributed by atoms with Gasteiger partial charge in [-0.1, -0.05) is 0 Å². The summed E-state index contributed by atoms with van der Waals surface area (Å²) in [7, 11) is 0. The van der Waals surface area contributed by atoms with E-state index in [1.54, 1.807) is 0 Å². The maximum absolute atomic E-state index is 12.2. The van der Waals surface area contributed by atoms with E-state index in [1.165, 1.54) is 0 Å². The summed E-state index contributed by atoms with van der Waals surface area (Å²) in [6, 6.07) is 1.85. The number of hydrogen-bond acceptors (Lipinski definition) is 4. The molecule has 0 aliphatic heterocycles. The van der Waals surface area contributed by atoms with Crippen molar-refractivity contribution < 1.29 is 4.79 Å². The van der Waals surface area contributed by atoms with Crippen LogP contribution in [0.3, 0.4) is 0 Å². The number of aryl methyl sites for hydroxylation is 2. The number of nitrogens with zero attached hydrogens (tertiary/aromatic N) is 2. The van der Waals surface area contributed by atoms with Gasteiger partial charge in [-0.15, -0.1) is 0 Å². The van der Waals surface area contributed by atoms with Crippen molar-refractivity contribution in [2.24, 2.45) is 11.1 Å². The van der Waals surface area contributed by atoms with Crippen LogP contribution in [-0.4, -0.2) is 21.4 Å². The van der Waals surface area contributed by atoms with E-state index in [1.807, 2.05) is 47.6 Å². The maximum atomic E-state index is 12.2. The first-order chi connectivity index (χ1) is 8.04. The number of nitrogens with two attached hydrogens (primary N) is 1. The molecule has 0 spiro atoms. The second-order valence-electron chi connectivity index (χ2n) is 5.78. The Kier molecular flexibility index (Phi) is 3.76.